The number of benzene rings is 2. The van der Waals surface area contributed by atoms with Crippen LogP contribution < -0.4 is 15.6 Å². The fourth-order valence-electron chi connectivity index (χ4n) is 2.92. The normalized spacial score (nSPS) is 11.8. The van der Waals surface area contributed by atoms with Crippen molar-refractivity contribution in [1.29, 1.82) is 0 Å². The molecule has 1 aromatic heterocycles. The summed E-state index contributed by atoms with van der Waals surface area (Å²) in [6, 6.07) is 22.1. The predicted octanol–water partition coefficient (Wildman–Crippen LogP) is 6.87. The number of unbranched alkanes of at least 4 members (excludes halogenated alkanes) is 1. The van der Waals surface area contributed by atoms with E-state index in [1.807, 2.05) is 72.4 Å². The zero-order valence-electron chi connectivity index (χ0n) is 15.6. The van der Waals surface area contributed by atoms with Crippen molar-refractivity contribution in [3.63, 3.8) is 0 Å². The van der Waals surface area contributed by atoms with Crippen LogP contribution >= 0.6 is 43.0 Å². The molecule has 0 saturated heterocycles. The summed E-state index contributed by atoms with van der Waals surface area (Å²) in [5, 5.41) is 2.82. The summed E-state index contributed by atoms with van der Waals surface area (Å²) in [6.45, 7) is 4.29. The lowest BCUT2D eigenvalue weighted by molar-refractivity contribution is 0.592. The van der Waals surface area contributed by atoms with Gasteiger partial charge in [0.05, 0.1) is 5.04 Å². The van der Waals surface area contributed by atoms with E-state index in [1.165, 1.54) is 17.5 Å². The molecule has 3 aromatic rings. The van der Waals surface area contributed by atoms with Crippen LogP contribution in [0.3, 0.4) is 0 Å². The Labute approximate surface area is 176 Å². The van der Waals surface area contributed by atoms with E-state index in [0.717, 1.165) is 39.6 Å². The van der Waals surface area contributed by atoms with E-state index in [9.17, 15) is 4.57 Å². The Morgan fingerprint density at radius 2 is 1.56 bits per heavy atom. The molecule has 0 saturated carbocycles. The van der Waals surface area contributed by atoms with Crippen molar-refractivity contribution >= 4 is 58.7 Å². The van der Waals surface area contributed by atoms with Gasteiger partial charge in [-0.05, 0) is 38.9 Å². The first-order chi connectivity index (χ1) is 13.1. The second-order valence-corrected chi connectivity index (χ2v) is 12.9. The van der Waals surface area contributed by atoms with Gasteiger partial charge in [0.15, 0.2) is 7.14 Å². The molecule has 1 heterocycles. The smallest absolute Gasteiger partial charge is 0.175 e. The minimum atomic E-state index is -2.91. The molecule has 0 N–H and O–H groups in total. The average Bonchev–Trinajstić information content (AvgIpc) is 2.71. The van der Waals surface area contributed by atoms with Crippen molar-refractivity contribution in [2.45, 2.75) is 31.3 Å². The summed E-state index contributed by atoms with van der Waals surface area (Å²) in [7, 11) is -1.84. The van der Waals surface area contributed by atoms with E-state index in [1.54, 1.807) is 0 Å². The van der Waals surface area contributed by atoms with Gasteiger partial charge in [-0.15, -0.1) is 11.8 Å². The molecule has 5 heteroatoms. The lowest BCUT2D eigenvalue weighted by Gasteiger charge is -2.22. The van der Waals surface area contributed by atoms with Gasteiger partial charge in [0.2, 0.25) is 0 Å². The Hall–Kier alpha value is -0.850. The van der Waals surface area contributed by atoms with Crippen molar-refractivity contribution in [3.8, 4) is 0 Å². The molecule has 0 unspecified atom stereocenters. The zero-order valence-corrected chi connectivity index (χ0v) is 19.8. The summed E-state index contributed by atoms with van der Waals surface area (Å²) in [5.74, 6) is 1.10. The maximum Gasteiger partial charge on any atom is 0.175 e. The van der Waals surface area contributed by atoms with Crippen LogP contribution in [0.1, 0.15) is 25.3 Å². The first-order valence-electron chi connectivity index (χ1n) is 9.09. The van der Waals surface area contributed by atoms with Gasteiger partial charge in [0, 0.05) is 19.7 Å². The number of hydrogen-bond donors (Lipinski definition) is 0. The highest BCUT2D eigenvalue weighted by atomic mass is 79.9. The molecule has 27 heavy (non-hydrogen) atoms. The van der Waals surface area contributed by atoms with Crippen molar-refractivity contribution in [2.24, 2.45) is 0 Å². The van der Waals surface area contributed by atoms with E-state index in [4.69, 9.17) is 0 Å². The Balaban J connectivity index is 2.20. The van der Waals surface area contributed by atoms with Crippen molar-refractivity contribution in [2.75, 3.05) is 5.75 Å². The minimum absolute atomic E-state index is 0.901. The number of hydrogen-bond acceptors (Lipinski definition) is 2. The first-order valence-corrected chi connectivity index (χ1v) is 13.5. The molecule has 2 aromatic carbocycles. The third-order valence-corrected chi connectivity index (χ3v) is 11.9. The van der Waals surface area contributed by atoms with Gasteiger partial charge in [-0.2, -0.15) is 0 Å². The molecule has 1 nitrogen and oxygen atoms in total. The first kappa shape index (κ1) is 20.9. The van der Waals surface area contributed by atoms with Crippen LogP contribution in [0.15, 0.2) is 75.8 Å². The molecule has 0 atom stereocenters. The van der Waals surface area contributed by atoms with Gasteiger partial charge in [-0.25, -0.2) is 0 Å². The quantitative estimate of drug-likeness (QED) is 0.210. The molecule has 0 aliphatic rings. The van der Waals surface area contributed by atoms with E-state index in [2.05, 4.69) is 35.8 Å². The average molecular weight is 477 g/mol. The van der Waals surface area contributed by atoms with E-state index in [-0.39, 0.29) is 0 Å². The van der Waals surface area contributed by atoms with Crippen molar-refractivity contribution in [1.82, 2.24) is 0 Å². The predicted molar refractivity (Wildman–Crippen MR) is 126 cm³/mol. The molecule has 0 radical (unpaired) electrons. The molecule has 0 aliphatic carbocycles. The third-order valence-electron chi connectivity index (χ3n) is 4.45. The molecular weight excluding hydrogens is 454 g/mol. The van der Waals surface area contributed by atoms with Crippen molar-refractivity contribution < 1.29 is 4.57 Å². The van der Waals surface area contributed by atoms with Crippen LogP contribution in [0.2, 0.25) is 0 Å². The summed E-state index contributed by atoms with van der Waals surface area (Å²) in [6.07, 6.45) is 2.39. The topological polar surface area (TPSA) is 17.1 Å². The van der Waals surface area contributed by atoms with Crippen molar-refractivity contribution in [3.05, 3.63) is 76.8 Å². The number of thioether (sulfide) groups is 1. The van der Waals surface area contributed by atoms with E-state index < -0.39 is 7.14 Å². The Bertz CT molecular complexity index is 902. The van der Waals surface area contributed by atoms with Gasteiger partial charge < -0.3 is 4.57 Å². The summed E-state index contributed by atoms with van der Waals surface area (Å²) >= 11 is 5.61. The fraction of sp³-hybridized carbons (Fsp3) is 0.227. The van der Waals surface area contributed by atoms with Gasteiger partial charge >= 0.3 is 0 Å². The zero-order chi connectivity index (χ0) is 19.3. The standard InChI is InChI=1S/C22H23BrOP2S/c1-3-4-15-27-21-16-20(23)17(2)22(25-21)26(24,18-11-7-5-8-12-18)19-13-9-6-10-14-19/h5-14,16H,3-4,15H2,1-2H3. The molecule has 0 aliphatic heterocycles. The largest absolute Gasteiger partial charge is 0.308 e. The van der Waals surface area contributed by atoms with E-state index >= 15 is 0 Å². The van der Waals surface area contributed by atoms with Gasteiger partial charge in [0.1, 0.15) is 0 Å². The van der Waals surface area contributed by atoms with E-state index in [0.29, 0.717) is 0 Å². The highest BCUT2D eigenvalue weighted by Crippen LogP contribution is 2.48. The van der Waals surface area contributed by atoms with Crippen LogP contribution in [0.4, 0.5) is 0 Å². The second kappa shape index (κ2) is 9.57. The highest BCUT2D eigenvalue weighted by Gasteiger charge is 2.32. The Morgan fingerprint density at radius 1 is 1.00 bits per heavy atom. The monoisotopic (exact) mass is 476 g/mol. The summed E-state index contributed by atoms with van der Waals surface area (Å²) in [5.41, 5.74) is 1.09. The van der Waals surface area contributed by atoms with Gasteiger partial charge in [-0.1, -0.05) is 89.9 Å². The second-order valence-electron chi connectivity index (χ2n) is 6.37. The van der Waals surface area contributed by atoms with Crippen LogP contribution in [-0.4, -0.2) is 5.75 Å². The molecule has 0 fully saturated rings. The number of rotatable bonds is 7. The Morgan fingerprint density at radius 3 is 2.07 bits per heavy atom. The van der Waals surface area contributed by atoms with Gasteiger partial charge in [0.25, 0.3) is 0 Å². The SMILES string of the molecule is CCCCSc1cc(Br)c(C)c(P(=O)(c2ccccc2)c2ccccc2)p1. The summed E-state index contributed by atoms with van der Waals surface area (Å²) < 4.78 is 17.0. The van der Waals surface area contributed by atoms with Crippen LogP contribution in [0.25, 0.3) is 0 Å². The fourth-order valence-corrected chi connectivity index (χ4v) is 10.7. The highest BCUT2D eigenvalue weighted by molar-refractivity contribution is 9.10. The molecule has 0 spiro atoms. The lowest BCUT2D eigenvalue weighted by Crippen LogP contribution is -2.25. The summed E-state index contributed by atoms with van der Waals surface area (Å²) in [4.78, 5) is 0. The molecule has 3 rings (SSSR count). The molecule has 0 bridgehead atoms. The van der Waals surface area contributed by atoms with Crippen LogP contribution in [-0.2, 0) is 4.57 Å². The minimum Gasteiger partial charge on any atom is -0.308 e. The molecular formula is C22H23BrOP2S. The lowest BCUT2D eigenvalue weighted by atomic mass is 10.4. The van der Waals surface area contributed by atoms with Crippen LogP contribution in [0.5, 0.6) is 0 Å². The third kappa shape index (κ3) is 4.60. The van der Waals surface area contributed by atoms with Crippen LogP contribution in [0, 0.1) is 6.92 Å². The maximum atomic E-state index is 14.7. The molecule has 140 valence electrons. The molecule has 0 amide bonds. The van der Waals surface area contributed by atoms with Gasteiger partial charge in [-0.3, -0.25) is 0 Å². The maximum absolute atomic E-state index is 14.7. The Kier molecular flexibility index (Phi) is 7.40. The number of halogens is 1.